The third-order valence-electron chi connectivity index (χ3n) is 8.83. The van der Waals surface area contributed by atoms with Gasteiger partial charge in [-0.15, -0.1) is 45.3 Å². The summed E-state index contributed by atoms with van der Waals surface area (Å²) < 4.78 is 6.60. The van der Waals surface area contributed by atoms with Crippen molar-refractivity contribution in [2.24, 2.45) is 0 Å². The Labute approximate surface area is 283 Å². The van der Waals surface area contributed by atoms with Gasteiger partial charge in [0, 0.05) is 50.7 Å². The average molecular weight is 695 g/mol. The normalized spacial score (nSPS) is 17.4. The Bertz CT molecular complexity index is 2000. The van der Waals surface area contributed by atoms with Gasteiger partial charge in [0.1, 0.15) is 11.4 Å². The fraction of sp³-hybridized carbons (Fsp3) is 0.371. The molecule has 0 aromatic carbocycles. The average Bonchev–Trinajstić information content (AvgIpc) is 3.77. The van der Waals surface area contributed by atoms with Crippen molar-refractivity contribution in [2.45, 2.75) is 86.7 Å². The molecule has 0 atom stereocenters. The van der Waals surface area contributed by atoms with Crippen LogP contribution in [0.15, 0.2) is 21.9 Å². The fourth-order valence-electron chi connectivity index (χ4n) is 6.12. The molecule has 0 bridgehead atoms. The first kappa shape index (κ1) is 30.8. The molecule has 0 fully saturated rings. The van der Waals surface area contributed by atoms with Crippen LogP contribution in [0.2, 0.25) is 0 Å². The van der Waals surface area contributed by atoms with Gasteiger partial charge in [-0.25, -0.2) is 0 Å². The van der Waals surface area contributed by atoms with E-state index in [1.54, 1.807) is 34.0 Å². The number of rotatable bonds is 5. The molecule has 44 heavy (non-hydrogen) atoms. The Hall–Kier alpha value is -1.88. The third-order valence-corrected chi connectivity index (χ3v) is 17.0. The van der Waals surface area contributed by atoms with Gasteiger partial charge in [0.25, 0.3) is 0 Å². The highest BCUT2D eigenvalue weighted by Crippen LogP contribution is 2.61. The van der Waals surface area contributed by atoms with Gasteiger partial charge >= 0.3 is 0 Å². The van der Waals surface area contributed by atoms with Crippen LogP contribution in [-0.2, 0) is 15.2 Å². The van der Waals surface area contributed by atoms with Gasteiger partial charge in [0.05, 0.1) is 20.9 Å². The number of carbonyl (C=O) groups is 2. The summed E-state index contributed by atoms with van der Waals surface area (Å²) in [5.41, 5.74) is 7.01. The summed E-state index contributed by atoms with van der Waals surface area (Å²) >= 11 is 9.54. The van der Waals surface area contributed by atoms with Crippen LogP contribution < -0.4 is 4.74 Å². The van der Waals surface area contributed by atoms with Crippen molar-refractivity contribution in [1.82, 2.24) is 0 Å². The lowest BCUT2D eigenvalue weighted by Gasteiger charge is -2.31. The molecule has 9 heteroatoms. The van der Waals surface area contributed by atoms with E-state index in [0.717, 1.165) is 46.9 Å². The van der Waals surface area contributed by atoms with E-state index in [1.807, 2.05) is 11.3 Å². The maximum absolute atomic E-state index is 13.7. The number of fused-ring (bicyclic) bond motifs is 4. The quantitative estimate of drug-likeness (QED) is 0.208. The van der Waals surface area contributed by atoms with E-state index >= 15 is 0 Å². The number of thioether (sulfide) groups is 2. The van der Waals surface area contributed by atoms with Gasteiger partial charge in [-0.3, -0.25) is 9.59 Å². The van der Waals surface area contributed by atoms with Gasteiger partial charge in [-0.2, -0.15) is 0 Å². The molecule has 4 aromatic heterocycles. The van der Waals surface area contributed by atoms with Crippen molar-refractivity contribution < 1.29 is 14.3 Å². The van der Waals surface area contributed by atoms with E-state index in [-0.39, 0.29) is 10.2 Å². The lowest BCUT2D eigenvalue weighted by atomic mass is 9.94. The van der Waals surface area contributed by atoms with Gasteiger partial charge < -0.3 is 4.74 Å². The Balaban J connectivity index is 1.34. The highest BCUT2D eigenvalue weighted by Gasteiger charge is 2.43. The molecule has 0 amide bonds. The highest BCUT2D eigenvalue weighted by atomic mass is 32.2. The molecule has 3 aliphatic heterocycles. The zero-order chi connectivity index (χ0) is 31.6. The van der Waals surface area contributed by atoms with Crippen LogP contribution in [0.4, 0.5) is 0 Å². The molecule has 7 rings (SSSR count). The SMILES string of the molecule is Cc1c(C2=C3SC(=O)C(c4sc(C(C)C)c(C)c4C)=C3SC2=O)sc(-c2cc3c(s2)-c2sc(C(C)C)cc2C(C)(C)O3)c1C. The van der Waals surface area contributed by atoms with Crippen LogP contribution in [-0.4, -0.2) is 10.2 Å². The Kier molecular flexibility index (Phi) is 7.39. The van der Waals surface area contributed by atoms with Crippen LogP contribution in [0, 0.1) is 27.7 Å². The largest absolute Gasteiger partial charge is 0.482 e. The van der Waals surface area contributed by atoms with Gasteiger partial charge in [0.2, 0.25) is 10.2 Å². The van der Waals surface area contributed by atoms with Crippen LogP contribution in [0.3, 0.4) is 0 Å². The van der Waals surface area contributed by atoms with Gasteiger partial charge in [-0.05, 0) is 105 Å². The summed E-state index contributed by atoms with van der Waals surface area (Å²) in [7, 11) is 0. The lowest BCUT2D eigenvalue weighted by molar-refractivity contribution is -0.106. The van der Waals surface area contributed by atoms with Crippen molar-refractivity contribution in [3.63, 3.8) is 0 Å². The maximum Gasteiger partial charge on any atom is 0.226 e. The van der Waals surface area contributed by atoms with E-state index in [1.165, 1.54) is 64.6 Å². The Morgan fingerprint density at radius 3 is 1.77 bits per heavy atom. The fourth-order valence-corrected chi connectivity index (χ4v) is 14.2. The molecule has 228 valence electrons. The Morgan fingerprint density at radius 2 is 1.20 bits per heavy atom. The minimum absolute atomic E-state index is 0.0402. The molecule has 7 heterocycles. The molecule has 0 unspecified atom stereocenters. The van der Waals surface area contributed by atoms with E-state index in [9.17, 15) is 9.59 Å². The molecule has 0 saturated heterocycles. The third kappa shape index (κ3) is 4.48. The second kappa shape index (κ2) is 10.6. The number of thiophene rings is 4. The molecule has 0 radical (unpaired) electrons. The molecule has 3 aliphatic rings. The van der Waals surface area contributed by atoms with Crippen LogP contribution >= 0.6 is 68.9 Å². The first-order valence-corrected chi connectivity index (χ1v) is 19.7. The molecule has 0 aliphatic carbocycles. The predicted molar refractivity (Wildman–Crippen MR) is 195 cm³/mol. The molecule has 0 N–H and O–H groups in total. The first-order chi connectivity index (χ1) is 20.7. The maximum atomic E-state index is 13.7. The summed E-state index contributed by atoms with van der Waals surface area (Å²) in [6.45, 7) is 21.7. The summed E-state index contributed by atoms with van der Waals surface area (Å²) in [6.07, 6.45) is 0. The minimum atomic E-state index is -0.391. The summed E-state index contributed by atoms with van der Waals surface area (Å²) in [4.78, 5) is 38.5. The zero-order valence-corrected chi connectivity index (χ0v) is 31.4. The van der Waals surface area contributed by atoms with Gasteiger partial charge in [0.15, 0.2) is 0 Å². The van der Waals surface area contributed by atoms with Gasteiger partial charge in [-0.1, -0.05) is 27.7 Å². The molecule has 0 spiro atoms. The number of carbonyl (C=O) groups excluding carboxylic acids is 2. The zero-order valence-electron chi connectivity index (χ0n) is 26.5. The monoisotopic (exact) mass is 694 g/mol. The van der Waals surface area contributed by atoms with Crippen molar-refractivity contribution >= 4 is 90.2 Å². The smallest absolute Gasteiger partial charge is 0.226 e. The van der Waals surface area contributed by atoms with Crippen LogP contribution in [0.25, 0.3) is 30.7 Å². The molecule has 0 saturated carbocycles. The summed E-state index contributed by atoms with van der Waals surface area (Å²) in [6, 6.07) is 4.52. The summed E-state index contributed by atoms with van der Waals surface area (Å²) in [5, 5.41) is 0.0925. The van der Waals surface area contributed by atoms with Crippen molar-refractivity contribution in [1.29, 1.82) is 0 Å². The number of hydrogen-bond acceptors (Lipinski definition) is 9. The standard InChI is InChI=1S/C35H34O3S6/c1-13(2)21-11-19-29(39-21)30-20(38-35(19,9)10)12-22(40-30)26-16(6)18(8)28(42-26)24-32-31(43-34(24)37)23(33(36)44-32)27-17(7)15(5)25(41-27)14(3)4/h11-14H,1-10H3. The molecular formula is C35H34O3S6. The van der Waals surface area contributed by atoms with Crippen molar-refractivity contribution in [3.05, 3.63) is 69.3 Å². The second-order valence-corrected chi connectivity index (χ2v) is 19.0. The van der Waals surface area contributed by atoms with E-state index < -0.39 is 5.60 Å². The van der Waals surface area contributed by atoms with Crippen LogP contribution in [0.5, 0.6) is 5.75 Å². The lowest BCUT2D eigenvalue weighted by Crippen LogP contribution is -2.27. The van der Waals surface area contributed by atoms with E-state index in [2.05, 4.69) is 81.4 Å². The number of hydrogen-bond donors (Lipinski definition) is 0. The van der Waals surface area contributed by atoms with E-state index in [0.29, 0.717) is 17.4 Å². The topological polar surface area (TPSA) is 43.4 Å². The first-order valence-electron chi connectivity index (χ1n) is 14.8. The minimum Gasteiger partial charge on any atom is -0.482 e. The van der Waals surface area contributed by atoms with Crippen molar-refractivity contribution in [3.8, 4) is 25.3 Å². The van der Waals surface area contributed by atoms with Crippen molar-refractivity contribution in [2.75, 3.05) is 0 Å². The second-order valence-electron chi connectivity index (χ2n) is 12.9. The Morgan fingerprint density at radius 1 is 0.636 bits per heavy atom. The molecule has 4 aromatic rings. The summed E-state index contributed by atoms with van der Waals surface area (Å²) in [5.74, 6) is 1.80. The predicted octanol–water partition coefficient (Wildman–Crippen LogP) is 12.0. The molecule has 3 nitrogen and oxygen atoms in total. The van der Waals surface area contributed by atoms with E-state index in [4.69, 9.17) is 4.74 Å². The molecular weight excluding hydrogens is 661 g/mol. The van der Waals surface area contributed by atoms with Crippen LogP contribution in [0.1, 0.15) is 101 Å². The number of ether oxygens (including phenoxy) is 1. The highest BCUT2D eigenvalue weighted by molar-refractivity contribution is 8.25.